The van der Waals surface area contributed by atoms with E-state index >= 15 is 0 Å². The highest BCUT2D eigenvalue weighted by Crippen LogP contribution is 2.43. The van der Waals surface area contributed by atoms with Gasteiger partial charge in [-0.05, 0) is 86.6 Å². The maximum absolute atomic E-state index is 2.34. The Morgan fingerprint density at radius 1 is 0.366 bits per heavy atom. The first-order valence-electron chi connectivity index (χ1n) is 13.9. The molecule has 0 aliphatic rings. The van der Waals surface area contributed by atoms with E-state index in [1.165, 1.54) is 31.3 Å². The summed E-state index contributed by atoms with van der Waals surface area (Å²) in [5.41, 5.74) is 9.43. The Kier molecular flexibility index (Phi) is 6.50. The van der Waals surface area contributed by atoms with Crippen molar-refractivity contribution in [3.05, 3.63) is 157 Å². The first-order valence-corrected chi connectivity index (χ1v) is 14.8. The summed E-state index contributed by atoms with van der Waals surface area (Å²) in [5.74, 6) is 0. The number of rotatable bonds is 6. The molecule has 0 saturated heterocycles. The van der Waals surface area contributed by atoms with E-state index in [2.05, 4.69) is 169 Å². The second-order valence-electron chi connectivity index (χ2n) is 10.5. The van der Waals surface area contributed by atoms with Crippen molar-refractivity contribution in [2.75, 3.05) is 9.80 Å². The van der Waals surface area contributed by atoms with E-state index in [4.69, 9.17) is 0 Å². The van der Waals surface area contributed by atoms with Crippen molar-refractivity contribution in [2.45, 2.75) is 13.8 Å². The van der Waals surface area contributed by atoms with Crippen LogP contribution in [-0.4, -0.2) is 0 Å². The predicted octanol–water partition coefficient (Wildman–Crippen LogP) is 11.6. The third kappa shape index (κ3) is 4.86. The lowest BCUT2D eigenvalue weighted by molar-refractivity contribution is 1.28. The molecule has 0 saturated carbocycles. The van der Waals surface area contributed by atoms with Gasteiger partial charge in [0.05, 0.1) is 0 Å². The average Bonchev–Trinajstić information content (AvgIpc) is 3.38. The highest BCUT2D eigenvalue weighted by molar-refractivity contribution is 7.25. The Bertz CT molecular complexity index is 1800. The smallest absolute Gasteiger partial charge is 0.0476 e. The molecule has 0 unspecified atom stereocenters. The van der Waals surface area contributed by atoms with Crippen LogP contribution in [-0.2, 0) is 0 Å². The van der Waals surface area contributed by atoms with Gasteiger partial charge in [-0.1, -0.05) is 83.9 Å². The molecule has 0 bridgehead atoms. The molecule has 0 fully saturated rings. The van der Waals surface area contributed by atoms with Crippen LogP contribution in [0.2, 0.25) is 0 Å². The molecule has 3 heteroatoms. The fourth-order valence-corrected chi connectivity index (χ4v) is 6.64. The zero-order valence-corrected chi connectivity index (χ0v) is 24.0. The number of fused-ring (bicyclic) bond motifs is 3. The van der Waals surface area contributed by atoms with Crippen LogP contribution in [0.3, 0.4) is 0 Å². The van der Waals surface area contributed by atoms with E-state index in [1.54, 1.807) is 0 Å². The molecule has 198 valence electrons. The van der Waals surface area contributed by atoms with Crippen LogP contribution < -0.4 is 9.80 Å². The van der Waals surface area contributed by atoms with Crippen LogP contribution in [0.5, 0.6) is 0 Å². The number of aryl methyl sites for hydroxylation is 2. The lowest BCUT2D eigenvalue weighted by Crippen LogP contribution is -2.09. The minimum atomic E-state index is 1.15. The van der Waals surface area contributed by atoms with Gasteiger partial charge in [0.25, 0.3) is 0 Å². The van der Waals surface area contributed by atoms with E-state index in [0.29, 0.717) is 0 Å². The van der Waals surface area contributed by atoms with E-state index in [-0.39, 0.29) is 0 Å². The van der Waals surface area contributed by atoms with Crippen molar-refractivity contribution in [2.24, 2.45) is 0 Å². The quantitative estimate of drug-likeness (QED) is 0.205. The van der Waals surface area contributed by atoms with Gasteiger partial charge in [-0.25, -0.2) is 0 Å². The number of hydrogen-bond acceptors (Lipinski definition) is 3. The van der Waals surface area contributed by atoms with Crippen LogP contribution in [0.25, 0.3) is 20.2 Å². The summed E-state index contributed by atoms with van der Waals surface area (Å²) >= 11 is 1.86. The van der Waals surface area contributed by atoms with E-state index < -0.39 is 0 Å². The average molecular weight is 547 g/mol. The highest BCUT2D eigenvalue weighted by atomic mass is 32.1. The van der Waals surface area contributed by atoms with Crippen molar-refractivity contribution in [1.82, 2.24) is 0 Å². The van der Waals surface area contributed by atoms with E-state index in [1.807, 2.05) is 11.3 Å². The second kappa shape index (κ2) is 10.6. The van der Waals surface area contributed by atoms with Gasteiger partial charge in [0.1, 0.15) is 0 Å². The first kappa shape index (κ1) is 25.1. The van der Waals surface area contributed by atoms with Crippen LogP contribution >= 0.6 is 11.3 Å². The monoisotopic (exact) mass is 546 g/mol. The molecule has 6 aromatic carbocycles. The zero-order chi connectivity index (χ0) is 27.8. The molecule has 0 atom stereocenters. The number of para-hydroxylation sites is 2. The lowest BCUT2D eigenvalue weighted by Gasteiger charge is -2.25. The molecule has 7 rings (SSSR count). The summed E-state index contributed by atoms with van der Waals surface area (Å²) < 4.78 is 2.56. The molecular weight excluding hydrogens is 516 g/mol. The van der Waals surface area contributed by atoms with Gasteiger partial charge in [-0.15, -0.1) is 11.3 Å². The number of benzene rings is 6. The zero-order valence-electron chi connectivity index (χ0n) is 23.2. The number of anilines is 6. The number of nitrogens with zero attached hydrogens (tertiary/aromatic N) is 2. The standard InChI is InChI=1S/C38H30N2S/c1-27-13-17-31(18-14-27)39(29-9-5-3-6-10-29)33-21-23-35-36-24-22-34(26-38(36)41-37(35)25-33)40(30-11-7-4-8-12-30)32-19-15-28(2)16-20-32/h3-26H,1-2H3. The molecule has 1 aromatic heterocycles. The van der Waals surface area contributed by atoms with Gasteiger partial charge in [0.2, 0.25) is 0 Å². The van der Waals surface area contributed by atoms with Crippen LogP contribution in [0, 0.1) is 13.8 Å². The summed E-state index contributed by atoms with van der Waals surface area (Å²) in [5, 5.41) is 2.58. The normalized spacial score (nSPS) is 11.2. The Balaban J connectivity index is 1.34. The van der Waals surface area contributed by atoms with Crippen LogP contribution in [0.1, 0.15) is 11.1 Å². The fourth-order valence-electron chi connectivity index (χ4n) is 5.47. The summed E-state index contributed by atoms with van der Waals surface area (Å²) in [6.45, 7) is 4.26. The Labute approximate surface area is 245 Å². The molecule has 0 radical (unpaired) electrons. The number of hydrogen-bond donors (Lipinski definition) is 0. The van der Waals surface area contributed by atoms with Gasteiger partial charge >= 0.3 is 0 Å². The molecule has 0 aliphatic heterocycles. The number of thiophene rings is 1. The fraction of sp³-hybridized carbons (Fsp3) is 0.0526. The van der Waals surface area contributed by atoms with Crippen molar-refractivity contribution >= 4 is 65.6 Å². The van der Waals surface area contributed by atoms with Crippen molar-refractivity contribution < 1.29 is 0 Å². The maximum Gasteiger partial charge on any atom is 0.0476 e. The van der Waals surface area contributed by atoms with Gasteiger partial charge in [0, 0.05) is 54.3 Å². The first-order chi connectivity index (χ1) is 20.1. The summed E-state index contributed by atoms with van der Waals surface area (Å²) in [7, 11) is 0. The van der Waals surface area contributed by atoms with E-state index in [9.17, 15) is 0 Å². The van der Waals surface area contributed by atoms with Gasteiger partial charge < -0.3 is 9.80 Å². The van der Waals surface area contributed by atoms with Gasteiger partial charge in [-0.2, -0.15) is 0 Å². The molecular formula is C38H30N2S. The second-order valence-corrected chi connectivity index (χ2v) is 11.6. The molecule has 0 amide bonds. The molecule has 0 aliphatic carbocycles. The van der Waals surface area contributed by atoms with Crippen LogP contribution in [0.15, 0.2) is 146 Å². The highest BCUT2D eigenvalue weighted by Gasteiger charge is 2.17. The molecule has 1 heterocycles. The van der Waals surface area contributed by atoms with Crippen molar-refractivity contribution in [3.8, 4) is 0 Å². The summed E-state index contributed by atoms with van der Waals surface area (Å²) in [6.07, 6.45) is 0. The molecule has 2 nitrogen and oxygen atoms in total. The third-order valence-electron chi connectivity index (χ3n) is 7.57. The third-order valence-corrected chi connectivity index (χ3v) is 8.69. The summed E-state index contributed by atoms with van der Waals surface area (Å²) in [4.78, 5) is 4.67. The predicted molar refractivity (Wildman–Crippen MR) is 178 cm³/mol. The molecule has 0 N–H and O–H groups in total. The largest absolute Gasteiger partial charge is 0.310 e. The Morgan fingerprint density at radius 3 is 1.10 bits per heavy atom. The topological polar surface area (TPSA) is 6.48 Å². The molecule has 0 spiro atoms. The Hall–Kier alpha value is -4.86. The van der Waals surface area contributed by atoms with E-state index in [0.717, 1.165) is 34.1 Å². The minimum absolute atomic E-state index is 1.15. The van der Waals surface area contributed by atoms with Crippen LogP contribution in [0.4, 0.5) is 34.1 Å². The molecule has 7 aromatic rings. The van der Waals surface area contributed by atoms with Crippen molar-refractivity contribution in [1.29, 1.82) is 0 Å². The van der Waals surface area contributed by atoms with Gasteiger partial charge in [0.15, 0.2) is 0 Å². The Morgan fingerprint density at radius 2 is 0.707 bits per heavy atom. The molecule has 41 heavy (non-hydrogen) atoms. The van der Waals surface area contributed by atoms with Crippen molar-refractivity contribution in [3.63, 3.8) is 0 Å². The summed E-state index contributed by atoms with van der Waals surface area (Å²) in [6, 6.07) is 52.5. The maximum atomic E-state index is 2.34. The minimum Gasteiger partial charge on any atom is -0.310 e. The van der Waals surface area contributed by atoms with Gasteiger partial charge in [-0.3, -0.25) is 0 Å². The SMILES string of the molecule is Cc1ccc(N(c2ccccc2)c2ccc3c(c2)sc2cc(N(c4ccccc4)c4ccc(C)cc4)ccc23)cc1. The lowest BCUT2D eigenvalue weighted by atomic mass is 10.1.